The summed E-state index contributed by atoms with van der Waals surface area (Å²) in [6.07, 6.45) is 9.05. The fraction of sp³-hybridized carbons (Fsp3) is 0.571. The van der Waals surface area contributed by atoms with Crippen LogP contribution in [0.2, 0.25) is 0 Å². The average Bonchev–Trinajstić information content (AvgIpc) is 3.30. The summed E-state index contributed by atoms with van der Waals surface area (Å²) in [5.41, 5.74) is 6.84. The van der Waals surface area contributed by atoms with Crippen molar-refractivity contribution in [2.45, 2.75) is 104 Å². The molecule has 1 aromatic rings. The van der Waals surface area contributed by atoms with Crippen LogP contribution in [0.3, 0.4) is 0 Å². The highest BCUT2D eigenvalue weighted by Gasteiger charge is 2.37. The Balaban J connectivity index is 1.82. The number of carbonyl (C=O) groups excluding carboxylic acids is 1. The molecule has 3 N–H and O–H groups in total. The molecule has 0 bridgehead atoms. The molecule has 0 aliphatic heterocycles. The summed E-state index contributed by atoms with van der Waals surface area (Å²) in [5.74, 6) is -1.09. The van der Waals surface area contributed by atoms with Crippen LogP contribution in [0.4, 0.5) is 0 Å². The first-order valence-corrected chi connectivity index (χ1v) is 12.6. The molecule has 2 aliphatic carbocycles. The molecular formula is C28H40N2O4. The van der Waals surface area contributed by atoms with Crippen molar-refractivity contribution in [2.24, 2.45) is 0 Å². The number of nitrogens with one attached hydrogen (secondary N) is 2. The number of carboxylic acids is 1. The van der Waals surface area contributed by atoms with Gasteiger partial charge in [0.2, 0.25) is 5.91 Å². The van der Waals surface area contributed by atoms with Gasteiger partial charge in [-0.15, -0.1) is 0 Å². The Hall–Kier alpha value is -2.44. The number of rotatable bonds is 10. The standard InChI is InChI=1S/C28H40N2O4/c1-6-23(7-2)34-25-15-22(28(32)33)14-24(27(25)30-19(5)31)29-16-20-12-17(3)26(18(4)13-20)21-10-8-9-11-21/h10,12-13,15,23-25,27,29H,6-9,11,14,16H2,1-5H3,(H,30,31)(H,32,33)/t24-,25+,27+/m0/s1. The highest BCUT2D eigenvalue weighted by Crippen LogP contribution is 2.33. The van der Waals surface area contributed by atoms with Gasteiger partial charge in [0.05, 0.1) is 18.2 Å². The van der Waals surface area contributed by atoms with E-state index in [0.717, 1.165) is 31.2 Å². The number of carboxylic acid groups (broad SMARTS) is 1. The molecule has 186 valence electrons. The Morgan fingerprint density at radius 1 is 1.18 bits per heavy atom. The Morgan fingerprint density at radius 2 is 1.85 bits per heavy atom. The molecule has 0 radical (unpaired) electrons. The normalized spacial score (nSPS) is 22.5. The van der Waals surface area contributed by atoms with Crippen LogP contribution in [0.25, 0.3) is 5.57 Å². The van der Waals surface area contributed by atoms with Crippen molar-refractivity contribution in [3.8, 4) is 0 Å². The number of amides is 1. The van der Waals surface area contributed by atoms with Crippen molar-refractivity contribution in [3.05, 3.63) is 52.1 Å². The highest BCUT2D eigenvalue weighted by atomic mass is 16.5. The third-order valence-electron chi connectivity index (χ3n) is 7.02. The molecule has 0 saturated carbocycles. The van der Waals surface area contributed by atoms with Crippen molar-refractivity contribution in [1.29, 1.82) is 0 Å². The largest absolute Gasteiger partial charge is 0.478 e. The van der Waals surface area contributed by atoms with Gasteiger partial charge in [-0.3, -0.25) is 4.79 Å². The van der Waals surface area contributed by atoms with E-state index in [-0.39, 0.29) is 24.1 Å². The zero-order chi connectivity index (χ0) is 24.8. The van der Waals surface area contributed by atoms with E-state index < -0.39 is 12.1 Å². The molecule has 0 aromatic heterocycles. The lowest BCUT2D eigenvalue weighted by Crippen LogP contribution is -2.58. The molecule has 34 heavy (non-hydrogen) atoms. The second-order valence-electron chi connectivity index (χ2n) is 9.68. The number of aliphatic carboxylic acids is 1. The van der Waals surface area contributed by atoms with Crippen LogP contribution in [0, 0.1) is 13.8 Å². The Bertz CT molecular complexity index is 938. The van der Waals surface area contributed by atoms with E-state index in [1.165, 1.54) is 35.6 Å². The van der Waals surface area contributed by atoms with E-state index in [4.69, 9.17) is 4.74 Å². The maximum Gasteiger partial charge on any atom is 0.331 e. The first-order valence-electron chi connectivity index (χ1n) is 12.6. The topological polar surface area (TPSA) is 87.7 Å². The fourth-order valence-corrected chi connectivity index (χ4v) is 5.37. The number of allylic oxidation sites excluding steroid dienone is 2. The minimum atomic E-state index is -0.938. The van der Waals surface area contributed by atoms with E-state index in [9.17, 15) is 14.7 Å². The predicted octanol–water partition coefficient (Wildman–Crippen LogP) is 4.82. The molecule has 3 rings (SSSR count). The molecule has 6 heteroatoms. The zero-order valence-electron chi connectivity index (χ0n) is 21.2. The van der Waals surface area contributed by atoms with Crippen molar-refractivity contribution in [1.82, 2.24) is 10.6 Å². The maximum absolute atomic E-state index is 12.0. The number of hydrogen-bond donors (Lipinski definition) is 3. The molecule has 0 saturated heterocycles. The number of carbonyl (C=O) groups is 2. The van der Waals surface area contributed by atoms with E-state index in [1.54, 1.807) is 6.08 Å². The molecule has 1 amide bonds. The lowest BCUT2D eigenvalue weighted by Gasteiger charge is -2.38. The van der Waals surface area contributed by atoms with Gasteiger partial charge in [-0.25, -0.2) is 4.79 Å². The summed E-state index contributed by atoms with van der Waals surface area (Å²) in [6.45, 7) is 10.5. The summed E-state index contributed by atoms with van der Waals surface area (Å²) in [6, 6.07) is 3.84. The SMILES string of the molecule is CCC(CC)O[C@@H]1C=C(C(=O)O)C[C@H](NCc2cc(C)c(C3=CCCC3)c(C)c2)[C@H]1NC(C)=O. The van der Waals surface area contributed by atoms with E-state index in [2.05, 4.69) is 56.5 Å². The molecular weight excluding hydrogens is 428 g/mol. The summed E-state index contributed by atoms with van der Waals surface area (Å²) >= 11 is 0. The van der Waals surface area contributed by atoms with Gasteiger partial charge in [0.15, 0.2) is 0 Å². The second-order valence-corrected chi connectivity index (χ2v) is 9.68. The van der Waals surface area contributed by atoms with Gasteiger partial charge < -0.3 is 20.5 Å². The third-order valence-corrected chi connectivity index (χ3v) is 7.02. The van der Waals surface area contributed by atoms with Gasteiger partial charge in [-0.2, -0.15) is 0 Å². The molecule has 0 spiro atoms. The van der Waals surface area contributed by atoms with Crippen LogP contribution < -0.4 is 10.6 Å². The summed E-state index contributed by atoms with van der Waals surface area (Å²) in [5, 5.41) is 16.3. The number of benzene rings is 1. The predicted molar refractivity (Wildman–Crippen MR) is 136 cm³/mol. The highest BCUT2D eigenvalue weighted by molar-refractivity contribution is 5.87. The minimum Gasteiger partial charge on any atom is -0.478 e. The minimum absolute atomic E-state index is 0.00837. The van der Waals surface area contributed by atoms with E-state index in [1.807, 2.05) is 0 Å². The van der Waals surface area contributed by atoms with E-state index >= 15 is 0 Å². The molecule has 2 aliphatic rings. The summed E-state index contributed by atoms with van der Waals surface area (Å²) < 4.78 is 6.28. The van der Waals surface area contributed by atoms with Gasteiger partial charge in [-0.05, 0) is 86.3 Å². The Morgan fingerprint density at radius 3 is 2.38 bits per heavy atom. The monoisotopic (exact) mass is 468 g/mol. The molecule has 1 aromatic carbocycles. The van der Waals surface area contributed by atoms with Gasteiger partial charge in [0.25, 0.3) is 0 Å². The molecule has 6 nitrogen and oxygen atoms in total. The van der Waals surface area contributed by atoms with Gasteiger partial charge in [0.1, 0.15) is 0 Å². The van der Waals surface area contributed by atoms with Crippen LogP contribution in [0.5, 0.6) is 0 Å². The fourth-order valence-electron chi connectivity index (χ4n) is 5.37. The van der Waals surface area contributed by atoms with E-state index in [0.29, 0.717) is 18.5 Å². The van der Waals surface area contributed by atoms with Gasteiger partial charge in [-0.1, -0.05) is 32.1 Å². The second kappa shape index (κ2) is 11.8. The number of hydrogen-bond acceptors (Lipinski definition) is 4. The first kappa shape index (κ1) is 26.2. The Kier molecular flexibility index (Phi) is 9.09. The average molecular weight is 469 g/mol. The maximum atomic E-state index is 12.0. The number of aryl methyl sites for hydroxylation is 2. The first-order chi connectivity index (χ1) is 16.2. The van der Waals surface area contributed by atoms with Gasteiger partial charge in [0, 0.05) is 25.1 Å². The zero-order valence-corrected chi connectivity index (χ0v) is 21.2. The van der Waals surface area contributed by atoms with Crippen molar-refractivity contribution in [3.63, 3.8) is 0 Å². The molecule has 0 fully saturated rings. The molecule has 3 atom stereocenters. The van der Waals surface area contributed by atoms with Crippen LogP contribution in [0.15, 0.2) is 29.9 Å². The van der Waals surface area contributed by atoms with Crippen LogP contribution in [0.1, 0.15) is 81.5 Å². The van der Waals surface area contributed by atoms with Gasteiger partial charge >= 0.3 is 5.97 Å². The lowest BCUT2D eigenvalue weighted by molar-refractivity contribution is -0.133. The van der Waals surface area contributed by atoms with Crippen molar-refractivity contribution in [2.75, 3.05) is 0 Å². The quantitative estimate of drug-likeness (QED) is 0.458. The number of ether oxygens (including phenoxy) is 1. The van der Waals surface area contributed by atoms with Crippen LogP contribution in [-0.2, 0) is 20.9 Å². The molecule has 0 unspecified atom stereocenters. The summed E-state index contributed by atoms with van der Waals surface area (Å²) in [4.78, 5) is 23.9. The third kappa shape index (κ3) is 6.36. The summed E-state index contributed by atoms with van der Waals surface area (Å²) in [7, 11) is 0. The Labute approximate surface area is 203 Å². The van der Waals surface area contributed by atoms with Crippen LogP contribution >= 0.6 is 0 Å². The van der Waals surface area contributed by atoms with Crippen molar-refractivity contribution < 1.29 is 19.4 Å². The smallest absolute Gasteiger partial charge is 0.331 e. The van der Waals surface area contributed by atoms with Crippen molar-refractivity contribution >= 4 is 17.4 Å². The lowest BCUT2D eigenvalue weighted by atomic mass is 9.87. The van der Waals surface area contributed by atoms with Crippen LogP contribution in [-0.4, -0.2) is 41.3 Å². The molecule has 0 heterocycles.